The van der Waals surface area contributed by atoms with Gasteiger partial charge in [0.05, 0.1) is 0 Å². The topological polar surface area (TPSA) is 26.0 Å². The number of nitrogens with two attached hydrogens (primary N) is 1. The van der Waals surface area contributed by atoms with E-state index < -0.39 is 0 Å². The fourth-order valence-corrected chi connectivity index (χ4v) is 2.39. The molecule has 0 aromatic carbocycles. The highest BCUT2D eigenvalue weighted by Gasteiger charge is 2.63. The number of hydrogen-bond acceptors (Lipinski definition) is 1. The van der Waals surface area contributed by atoms with Crippen LogP contribution in [-0.4, -0.2) is 6.04 Å². The van der Waals surface area contributed by atoms with Gasteiger partial charge in [-0.1, -0.05) is 20.8 Å². The Morgan fingerprint density at radius 1 is 1.40 bits per heavy atom. The van der Waals surface area contributed by atoms with Gasteiger partial charge in [0.15, 0.2) is 0 Å². The minimum Gasteiger partial charge on any atom is -0.327 e. The van der Waals surface area contributed by atoms with Gasteiger partial charge in [-0.15, -0.1) is 0 Å². The summed E-state index contributed by atoms with van der Waals surface area (Å²) in [6.45, 7) is 6.94. The maximum atomic E-state index is 5.95. The summed E-state index contributed by atoms with van der Waals surface area (Å²) in [7, 11) is 0. The van der Waals surface area contributed by atoms with Crippen molar-refractivity contribution >= 4 is 0 Å². The summed E-state index contributed by atoms with van der Waals surface area (Å²) in [5.74, 6) is 2.80. The summed E-state index contributed by atoms with van der Waals surface area (Å²) < 4.78 is 0. The largest absolute Gasteiger partial charge is 0.327 e. The van der Waals surface area contributed by atoms with E-state index >= 15 is 0 Å². The summed E-state index contributed by atoms with van der Waals surface area (Å²) >= 11 is 0. The molecule has 0 bridgehead atoms. The van der Waals surface area contributed by atoms with Crippen molar-refractivity contribution in [3.05, 3.63) is 0 Å². The van der Waals surface area contributed by atoms with Crippen molar-refractivity contribution in [1.82, 2.24) is 0 Å². The summed E-state index contributed by atoms with van der Waals surface area (Å²) in [5, 5.41) is 0. The van der Waals surface area contributed by atoms with E-state index in [4.69, 9.17) is 5.73 Å². The van der Waals surface area contributed by atoms with E-state index in [-0.39, 0.29) is 0 Å². The minimum absolute atomic E-state index is 0.468. The fraction of sp³-hybridized carbons (Fsp3) is 1.00. The van der Waals surface area contributed by atoms with Gasteiger partial charge in [0.25, 0.3) is 0 Å². The van der Waals surface area contributed by atoms with Crippen molar-refractivity contribution in [2.75, 3.05) is 0 Å². The molecular formula is C9H17N. The first-order chi connectivity index (χ1) is 4.55. The maximum absolute atomic E-state index is 5.95. The Bertz CT molecular complexity index is 162. The molecule has 0 aromatic rings. The Morgan fingerprint density at radius 2 is 1.80 bits per heavy atom. The number of hydrogen-bond donors (Lipinski definition) is 1. The molecular weight excluding hydrogens is 122 g/mol. The highest BCUT2D eigenvalue weighted by atomic mass is 14.9. The number of rotatable bonds is 1. The molecule has 2 aliphatic carbocycles. The van der Waals surface area contributed by atoms with Crippen LogP contribution >= 0.6 is 0 Å². The molecule has 2 unspecified atom stereocenters. The zero-order valence-electron chi connectivity index (χ0n) is 7.09. The van der Waals surface area contributed by atoms with E-state index in [1.54, 1.807) is 0 Å². The predicted octanol–water partition coefficient (Wildman–Crippen LogP) is 1.63. The van der Waals surface area contributed by atoms with Gasteiger partial charge < -0.3 is 5.73 Å². The summed E-state index contributed by atoms with van der Waals surface area (Å²) in [5.41, 5.74) is 6.42. The van der Waals surface area contributed by atoms with Crippen molar-refractivity contribution in [3.8, 4) is 0 Å². The average molecular weight is 139 g/mol. The van der Waals surface area contributed by atoms with Crippen molar-refractivity contribution < 1.29 is 0 Å². The Kier molecular flexibility index (Phi) is 1.05. The van der Waals surface area contributed by atoms with Crippen molar-refractivity contribution in [1.29, 1.82) is 0 Å². The molecule has 10 heavy (non-hydrogen) atoms. The molecule has 2 fully saturated rings. The molecule has 0 aliphatic heterocycles. The third kappa shape index (κ3) is 0.672. The van der Waals surface area contributed by atoms with E-state index in [9.17, 15) is 0 Å². The Balaban J connectivity index is 1.99. The lowest BCUT2D eigenvalue weighted by molar-refractivity contribution is 0.500. The van der Waals surface area contributed by atoms with Crippen LogP contribution in [-0.2, 0) is 0 Å². The van der Waals surface area contributed by atoms with Crippen LogP contribution in [0.5, 0.6) is 0 Å². The van der Waals surface area contributed by atoms with Crippen molar-refractivity contribution in [2.24, 2.45) is 28.9 Å². The van der Waals surface area contributed by atoms with Crippen molar-refractivity contribution in [2.45, 2.75) is 33.2 Å². The molecule has 0 spiro atoms. The third-order valence-electron chi connectivity index (χ3n) is 3.63. The smallest absolute Gasteiger partial charge is 0.0130 e. The molecule has 0 radical (unpaired) electrons. The van der Waals surface area contributed by atoms with Gasteiger partial charge in [0, 0.05) is 6.04 Å². The van der Waals surface area contributed by atoms with Crippen LogP contribution in [0.2, 0.25) is 0 Å². The molecule has 4 atom stereocenters. The second-order valence-corrected chi connectivity index (χ2v) is 4.75. The molecule has 0 amide bonds. The monoisotopic (exact) mass is 139 g/mol. The van der Waals surface area contributed by atoms with E-state index in [1.165, 1.54) is 6.42 Å². The first kappa shape index (κ1) is 6.66. The fourth-order valence-electron chi connectivity index (χ4n) is 2.39. The van der Waals surface area contributed by atoms with E-state index in [1.807, 2.05) is 0 Å². The van der Waals surface area contributed by atoms with Gasteiger partial charge in [0.1, 0.15) is 0 Å². The minimum atomic E-state index is 0.468. The van der Waals surface area contributed by atoms with Crippen LogP contribution in [0, 0.1) is 23.2 Å². The van der Waals surface area contributed by atoms with Gasteiger partial charge in [0.2, 0.25) is 0 Å². The summed E-state index contributed by atoms with van der Waals surface area (Å²) in [6, 6.07) is 0.502. The average Bonchev–Trinajstić information content (AvgIpc) is 2.56. The molecule has 1 heteroatoms. The second-order valence-electron chi connectivity index (χ2n) is 4.75. The Morgan fingerprint density at radius 3 is 1.90 bits per heavy atom. The molecule has 2 rings (SSSR count). The van der Waals surface area contributed by atoms with Crippen LogP contribution in [0.3, 0.4) is 0 Å². The van der Waals surface area contributed by atoms with Gasteiger partial charge >= 0.3 is 0 Å². The quantitative estimate of drug-likeness (QED) is 0.587. The highest BCUT2D eigenvalue weighted by molar-refractivity contribution is 5.15. The van der Waals surface area contributed by atoms with E-state index in [2.05, 4.69) is 20.8 Å². The SMILES string of the molecule is CC1CC1[C@@H]1[C@@H](N)C1(C)C. The normalized spacial score (nSPS) is 56.4. The van der Waals surface area contributed by atoms with Gasteiger partial charge in [-0.2, -0.15) is 0 Å². The molecule has 2 N–H and O–H groups in total. The van der Waals surface area contributed by atoms with Crippen LogP contribution < -0.4 is 5.73 Å². The van der Waals surface area contributed by atoms with Gasteiger partial charge in [-0.25, -0.2) is 0 Å². The predicted molar refractivity (Wildman–Crippen MR) is 42.5 cm³/mol. The zero-order valence-corrected chi connectivity index (χ0v) is 7.09. The highest BCUT2D eigenvalue weighted by Crippen LogP contribution is 2.63. The molecule has 0 saturated heterocycles. The summed E-state index contributed by atoms with van der Waals surface area (Å²) in [6.07, 6.45) is 1.43. The zero-order chi connectivity index (χ0) is 7.52. The van der Waals surface area contributed by atoms with Gasteiger partial charge in [-0.05, 0) is 29.6 Å². The molecule has 2 saturated carbocycles. The van der Waals surface area contributed by atoms with E-state index in [0.29, 0.717) is 11.5 Å². The standard InChI is InChI=1S/C9H17N/c1-5-4-6(5)7-8(10)9(7,2)3/h5-8H,4,10H2,1-3H3/t5?,6?,7-,8-/m1/s1. The molecule has 58 valence electrons. The Hall–Kier alpha value is -0.0400. The second kappa shape index (κ2) is 1.58. The van der Waals surface area contributed by atoms with Crippen molar-refractivity contribution in [3.63, 3.8) is 0 Å². The van der Waals surface area contributed by atoms with Crippen LogP contribution in [0.15, 0.2) is 0 Å². The van der Waals surface area contributed by atoms with Crippen LogP contribution in [0.25, 0.3) is 0 Å². The summed E-state index contributed by atoms with van der Waals surface area (Å²) in [4.78, 5) is 0. The lowest BCUT2D eigenvalue weighted by Crippen LogP contribution is -2.06. The lowest BCUT2D eigenvalue weighted by Gasteiger charge is -1.98. The first-order valence-corrected chi connectivity index (χ1v) is 4.30. The molecule has 2 aliphatic rings. The van der Waals surface area contributed by atoms with E-state index in [0.717, 1.165) is 17.8 Å². The molecule has 1 nitrogen and oxygen atoms in total. The maximum Gasteiger partial charge on any atom is 0.0130 e. The van der Waals surface area contributed by atoms with Crippen LogP contribution in [0.4, 0.5) is 0 Å². The lowest BCUT2D eigenvalue weighted by atomic mass is 10.1. The molecule has 0 aromatic heterocycles. The van der Waals surface area contributed by atoms with Crippen LogP contribution in [0.1, 0.15) is 27.2 Å². The first-order valence-electron chi connectivity index (χ1n) is 4.30. The Labute approximate surface area is 63.0 Å². The van der Waals surface area contributed by atoms with Gasteiger partial charge in [-0.3, -0.25) is 0 Å². The third-order valence-corrected chi connectivity index (χ3v) is 3.63. The molecule has 0 heterocycles.